The van der Waals surface area contributed by atoms with Crippen LogP contribution >= 0.6 is 28.1 Å². The third-order valence-electron chi connectivity index (χ3n) is 4.53. The number of rotatable bonds is 7. The van der Waals surface area contributed by atoms with Crippen LogP contribution in [0.25, 0.3) is 6.08 Å². The van der Waals surface area contributed by atoms with Crippen LogP contribution in [-0.2, 0) is 16.2 Å². The van der Waals surface area contributed by atoms with E-state index in [0.717, 1.165) is 5.56 Å². The van der Waals surface area contributed by atoms with Crippen LogP contribution in [0.1, 0.15) is 28.4 Å². The summed E-state index contributed by atoms with van der Waals surface area (Å²) in [5.74, 6) is -1.21. The standard InChI is InChI=1S/C22H19BrN2O6S/c1-3-30-17-10-13(8-15-19(26)24-22(32)25(2)20(15)27)9-16(23)18(17)31-11-12-4-6-14(7-5-12)21(28)29/h4-10H,3,11H2,1-2H3,(H,28,29)(H,24,26,32). The highest BCUT2D eigenvalue weighted by atomic mass is 79.9. The maximum Gasteiger partial charge on any atom is 0.335 e. The Labute approximate surface area is 197 Å². The molecular weight excluding hydrogens is 500 g/mol. The molecule has 0 atom stereocenters. The zero-order valence-corrected chi connectivity index (χ0v) is 19.6. The summed E-state index contributed by atoms with van der Waals surface area (Å²) in [6.45, 7) is 2.37. The van der Waals surface area contributed by atoms with E-state index >= 15 is 0 Å². The molecule has 0 spiro atoms. The zero-order valence-electron chi connectivity index (χ0n) is 17.2. The third-order valence-corrected chi connectivity index (χ3v) is 5.50. The first-order chi connectivity index (χ1) is 15.2. The van der Waals surface area contributed by atoms with Gasteiger partial charge < -0.3 is 14.6 Å². The molecule has 2 amide bonds. The molecule has 0 bridgehead atoms. The lowest BCUT2D eigenvalue weighted by Gasteiger charge is -2.25. The van der Waals surface area contributed by atoms with E-state index in [1.54, 1.807) is 24.3 Å². The molecule has 10 heteroatoms. The number of hydrogen-bond donors (Lipinski definition) is 2. The second-order valence-electron chi connectivity index (χ2n) is 6.74. The summed E-state index contributed by atoms with van der Waals surface area (Å²) in [4.78, 5) is 36.9. The fourth-order valence-electron chi connectivity index (χ4n) is 2.89. The fourth-order valence-corrected chi connectivity index (χ4v) is 3.64. The van der Waals surface area contributed by atoms with Gasteiger partial charge in [-0.3, -0.25) is 19.8 Å². The van der Waals surface area contributed by atoms with Gasteiger partial charge in [0.15, 0.2) is 16.6 Å². The Morgan fingerprint density at radius 2 is 1.91 bits per heavy atom. The van der Waals surface area contributed by atoms with E-state index < -0.39 is 17.8 Å². The summed E-state index contributed by atoms with van der Waals surface area (Å²) < 4.78 is 12.2. The number of thiocarbonyl (C=S) groups is 1. The van der Waals surface area contributed by atoms with Crippen molar-refractivity contribution < 1.29 is 29.0 Å². The Morgan fingerprint density at radius 1 is 1.22 bits per heavy atom. The quantitative estimate of drug-likeness (QED) is 0.328. The Morgan fingerprint density at radius 3 is 2.53 bits per heavy atom. The smallest absolute Gasteiger partial charge is 0.335 e. The van der Waals surface area contributed by atoms with Gasteiger partial charge in [0.2, 0.25) is 0 Å². The first kappa shape index (κ1) is 23.4. The number of amides is 2. The number of halogens is 1. The number of benzene rings is 2. The fraction of sp³-hybridized carbons (Fsp3) is 0.182. The molecule has 8 nitrogen and oxygen atoms in total. The predicted octanol–water partition coefficient (Wildman–Crippen LogP) is 3.38. The number of hydrogen-bond acceptors (Lipinski definition) is 6. The van der Waals surface area contributed by atoms with Gasteiger partial charge >= 0.3 is 5.97 Å². The van der Waals surface area contributed by atoms with E-state index in [1.165, 1.54) is 30.2 Å². The number of nitrogens with one attached hydrogen (secondary N) is 1. The van der Waals surface area contributed by atoms with E-state index in [0.29, 0.717) is 28.1 Å². The molecule has 32 heavy (non-hydrogen) atoms. The van der Waals surface area contributed by atoms with Gasteiger partial charge in [-0.25, -0.2) is 4.79 Å². The molecule has 0 saturated carbocycles. The number of ether oxygens (including phenoxy) is 2. The molecule has 2 aromatic carbocycles. The molecule has 2 aromatic rings. The number of carboxylic acids is 1. The van der Waals surface area contributed by atoms with Gasteiger partial charge in [0.25, 0.3) is 11.8 Å². The Bertz CT molecular complexity index is 1130. The van der Waals surface area contributed by atoms with E-state index in [1.807, 2.05) is 6.92 Å². The lowest BCUT2D eigenvalue weighted by molar-refractivity contribution is -0.128. The van der Waals surface area contributed by atoms with Crippen LogP contribution in [0, 0.1) is 0 Å². The van der Waals surface area contributed by atoms with Gasteiger partial charge in [-0.15, -0.1) is 0 Å². The number of aromatic carboxylic acids is 1. The van der Waals surface area contributed by atoms with Crippen molar-refractivity contribution in [3.8, 4) is 11.5 Å². The van der Waals surface area contributed by atoms with E-state index in [2.05, 4.69) is 21.2 Å². The number of carbonyl (C=O) groups is 3. The summed E-state index contributed by atoms with van der Waals surface area (Å²) in [6.07, 6.45) is 1.46. The van der Waals surface area contributed by atoms with Crippen molar-refractivity contribution >= 4 is 57.1 Å². The summed E-state index contributed by atoms with van der Waals surface area (Å²) >= 11 is 8.42. The molecule has 1 aliphatic rings. The normalized spacial score (nSPS) is 15.0. The van der Waals surface area contributed by atoms with Crippen molar-refractivity contribution in [2.45, 2.75) is 13.5 Å². The minimum Gasteiger partial charge on any atom is -0.490 e. The second kappa shape index (κ2) is 9.92. The molecular formula is C22H19BrN2O6S. The molecule has 0 unspecified atom stereocenters. The minimum absolute atomic E-state index is 0.0495. The summed E-state index contributed by atoms with van der Waals surface area (Å²) in [5.41, 5.74) is 1.47. The first-order valence-electron chi connectivity index (χ1n) is 9.47. The van der Waals surface area contributed by atoms with Gasteiger partial charge in [-0.2, -0.15) is 0 Å². The van der Waals surface area contributed by atoms with E-state index in [9.17, 15) is 14.4 Å². The first-order valence-corrected chi connectivity index (χ1v) is 10.7. The average molecular weight is 519 g/mol. The van der Waals surface area contributed by atoms with Crippen LogP contribution in [0.2, 0.25) is 0 Å². The van der Waals surface area contributed by atoms with Gasteiger partial charge in [0.05, 0.1) is 16.6 Å². The average Bonchev–Trinajstić information content (AvgIpc) is 2.75. The molecule has 1 aliphatic heterocycles. The zero-order chi connectivity index (χ0) is 23.4. The molecule has 0 aromatic heterocycles. The Hall–Kier alpha value is -3.24. The van der Waals surface area contributed by atoms with Gasteiger partial charge in [0, 0.05) is 7.05 Å². The predicted molar refractivity (Wildman–Crippen MR) is 125 cm³/mol. The summed E-state index contributed by atoms with van der Waals surface area (Å²) in [5, 5.41) is 11.5. The van der Waals surface area contributed by atoms with Crippen molar-refractivity contribution in [1.82, 2.24) is 10.2 Å². The molecule has 2 N–H and O–H groups in total. The van der Waals surface area contributed by atoms with Crippen molar-refractivity contribution in [2.75, 3.05) is 13.7 Å². The number of likely N-dealkylation sites (N-methyl/N-ethyl adjacent to an activating group) is 1. The molecule has 1 saturated heterocycles. The summed E-state index contributed by atoms with van der Waals surface area (Å²) in [6, 6.07) is 9.71. The van der Waals surface area contributed by atoms with E-state index in [-0.39, 0.29) is 22.9 Å². The van der Waals surface area contributed by atoms with Crippen LogP contribution in [0.5, 0.6) is 11.5 Å². The van der Waals surface area contributed by atoms with Crippen LogP contribution in [0.3, 0.4) is 0 Å². The Kier molecular flexibility index (Phi) is 7.26. The minimum atomic E-state index is -0.998. The van der Waals surface area contributed by atoms with Gasteiger partial charge in [0.1, 0.15) is 12.2 Å². The highest BCUT2D eigenvalue weighted by molar-refractivity contribution is 9.10. The number of carbonyl (C=O) groups excluding carboxylic acids is 2. The number of nitrogens with zero attached hydrogens (tertiary/aromatic N) is 1. The number of carboxylic acid groups (broad SMARTS) is 1. The monoisotopic (exact) mass is 518 g/mol. The molecule has 3 rings (SSSR count). The lowest BCUT2D eigenvalue weighted by atomic mass is 10.1. The van der Waals surface area contributed by atoms with Crippen LogP contribution < -0.4 is 14.8 Å². The topological polar surface area (TPSA) is 105 Å². The lowest BCUT2D eigenvalue weighted by Crippen LogP contribution is -2.52. The SMILES string of the molecule is CCOc1cc(C=C2C(=O)NC(=S)N(C)C2=O)cc(Br)c1OCc1ccc(C(=O)O)cc1. The van der Waals surface area contributed by atoms with Crippen molar-refractivity contribution in [3.05, 3.63) is 63.1 Å². The molecule has 1 fully saturated rings. The molecule has 0 radical (unpaired) electrons. The second-order valence-corrected chi connectivity index (χ2v) is 7.98. The van der Waals surface area contributed by atoms with Crippen molar-refractivity contribution in [1.29, 1.82) is 0 Å². The molecule has 1 heterocycles. The Balaban J connectivity index is 1.87. The van der Waals surface area contributed by atoms with Gasteiger partial charge in [-0.1, -0.05) is 12.1 Å². The van der Waals surface area contributed by atoms with Crippen LogP contribution in [-0.4, -0.2) is 46.6 Å². The maximum atomic E-state index is 12.4. The summed E-state index contributed by atoms with van der Waals surface area (Å²) in [7, 11) is 1.49. The van der Waals surface area contributed by atoms with Crippen molar-refractivity contribution in [3.63, 3.8) is 0 Å². The van der Waals surface area contributed by atoms with Crippen LogP contribution in [0.4, 0.5) is 0 Å². The third kappa shape index (κ3) is 5.14. The maximum absolute atomic E-state index is 12.4. The van der Waals surface area contributed by atoms with Gasteiger partial charge in [-0.05, 0) is 76.5 Å². The molecule has 0 aliphatic carbocycles. The van der Waals surface area contributed by atoms with E-state index in [4.69, 9.17) is 26.8 Å². The molecule has 166 valence electrons. The highest BCUT2D eigenvalue weighted by Gasteiger charge is 2.30. The van der Waals surface area contributed by atoms with Crippen LogP contribution in [0.15, 0.2) is 46.4 Å². The largest absolute Gasteiger partial charge is 0.490 e. The van der Waals surface area contributed by atoms with Crippen molar-refractivity contribution in [2.24, 2.45) is 0 Å². The highest BCUT2D eigenvalue weighted by Crippen LogP contribution is 2.38.